The van der Waals surface area contributed by atoms with Crippen LogP contribution >= 0.6 is 0 Å². The van der Waals surface area contributed by atoms with E-state index in [2.05, 4.69) is 56.9 Å². The lowest BCUT2D eigenvalue weighted by molar-refractivity contribution is 0.178. The summed E-state index contributed by atoms with van der Waals surface area (Å²) in [6, 6.07) is 1.34. The van der Waals surface area contributed by atoms with Crippen LogP contribution in [0.3, 0.4) is 0 Å². The van der Waals surface area contributed by atoms with E-state index in [1.165, 1.54) is 38.8 Å². The summed E-state index contributed by atoms with van der Waals surface area (Å²) in [4.78, 5) is 4.88. The Bertz CT molecular complexity index is 194. The molecule has 1 N–H and O–H groups in total. The highest BCUT2D eigenvalue weighted by atomic mass is 15.2. The smallest absolute Gasteiger partial charge is 0.0194 e. The van der Waals surface area contributed by atoms with Gasteiger partial charge in [-0.05, 0) is 66.8 Å². The maximum Gasteiger partial charge on any atom is 0.0194 e. The van der Waals surface area contributed by atoms with Gasteiger partial charge in [-0.3, -0.25) is 4.90 Å². The molecule has 0 aliphatic rings. The van der Waals surface area contributed by atoms with E-state index in [9.17, 15) is 0 Å². The van der Waals surface area contributed by atoms with Crippen LogP contribution in [0, 0.1) is 0 Å². The van der Waals surface area contributed by atoms with Crippen LogP contribution in [0.2, 0.25) is 0 Å². The molecule has 0 amide bonds. The number of nitrogens with zero attached hydrogens (tertiary/aromatic N) is 2. The molecule has 3 nitrogen and oxygen atoms in total. The number of nitrogens with one attached hydrogen (secondary N) is 1. The zero-order valence-corrected chi connectivity index (χ0v) is 14.2. The summed E-state index contributed by atoms with van der Waals surface area (Å²) >= 11 is 0. The van der Waals surface area contributed by atoms with Gasteiger partial charge in [-0.15, -0.1) is 0 Å². The van der Waals surface area contributed by atoms with Gasteiger partial charge in [-0.25, -0.2) is 0 Å². The summed E-state index contributed by atoms with van der Waals surface area (Å²) in [5.41, 5.74) is 0. The Morgan fingerprint density at radius 2 is 1.74 bits per heavy atom. The fourth-order valence-electron chi connectivity index (χ4n) is 2.59. The first kappa shape index (κ1) is 18.9. The first-order valence-electron chi connectivity index (χ1n) is 8.13. The van der Waals surface area contributed by atoms with E-state index in [4.69, 9.17) is 0 Å². The third-order valence-electron chi connectivity index (χ3n) is 3.73. The highest BCUT2D eigenvalue weighted by Gasteiger charge is 2.12. The number of likely N-dealkylation sites (N-methyl/N-ethyl adjacent to an activating group) is 2. The third kappa shape index (κ3) is 10.3. The maximum atomic E-state index is 3.56. The van der Waals surface area contributed by atoms with Gasteiger partial charge in [-0.1, -0.05) is 20.3 Å². The maximum absolute atomic E-state index is 3.56. The molecular weight excluding hydrogens is 234 g/mol. The van der Waals surface area contributed by atoms with Crippen LogP contribution < -0.4 is 5.32 Å². The van der Waals surface area contributed by atoms with E-state index < -0.39 is 0 Å². The second-order valence-corrected chi connectivity index (χ2v) is 6.09. The van der Waals surface area contributed by atoms with Crippen molar-refractivity contribution in [2.75, 3.05) is 40.3 Å². The van der Waals surface area contributed by atoms with Crippen LogP contribution in [0.15, 0.2) is 0 Å². The van der Waals surface area contributed by atoms with Gasteiger partial charge in [0.25, 0.3) is 0 Å². The largest absolute Gasteiger partial charge is 0.314 e. The molecule has 3 heteroatoms. The van der Waals surface area contributed by atoms with Crippen LogP contribution in [0.1, 0.15) is 53.4 Å². The lowest BCUT2D eigenvalue weighted by atomic mass is 10.1. The Labute approximate surface area is 121 Å². The van der Waals surface area contributed by atoms with Gasteiger partial charge in [0, 0.05) is 18.6 Å². The second kappa shape index (κ2) is 11.7. The molecule has 19 heavy (non-hydrogen) atoms. The molecule has 0 bridgehead atoms. The Hall–Kier alpha value is -0.120. The topological polar surface area (TPSA) is 18.5 Å². The van der Waals surface area contributed by atoms with E-state index in [1.807, 2.05) is 0 Å². The molecule has 0 fully saturated rings. The Morgan fingerprint density at radius 3 is 2.26 bits per heavy atom. The summed E-state index contributed by atoms with van der Waals surface area (Å²) in [6.45, 7) is 13.9. The Balaban J connectivity index is 3.71. The highest BCUT2D eigenvalue weighted by Crippen LogP contribution is 2.06. The standard InChI is InChI=1S/C16H37N3/c1-7-12-17-15(3)11-9-10-13-19(8-2)16(4)14-18(5)6/h15-17H,7-14H2,1-6H3. The molecule has 0 saturated carbocycles. The molecule has 0 saturated heterocycles. The summed E-state index contributed by atoms with van der Waals surface area (Å²) in [5, 5.41) is 3.56. The van der Waals surface area contributed by atoms with Gasteiger partial charge < -0.3 is 10.2 Å². The van der Waals surface area contributed by atoms with Crippen molar-refractivity contribution in [3.05, 3.63) is 0 Å². The molecule has 0 radical (unpaired) electrons. The fraction of sp³-hybridized carbons (Fsp3) is 1.00. The molecule has 0 rings (SSSR count). The van der Waals surface area contributed by atoms with Crippen molar-refractivity contribution in [1.29, 1.82) is 0 Å². The van der Waals surface area contributed by atoms with E-state index in [0.717, 1.165) is 13.1 Å². The first-order valence-corrected chi connectivity index (χ1v) is 8.13. The molecule has 2 atom stereocenters. The molecule has 0 aromatic rings. The minimum absolute atomic E-state index is 0.663. The van der Waals surface area contributed by atoms with Crippen LogP contribution in [0.4, 0.5) is 0 Å². The van der Waals surface area contributed by atoms with Gasteiger partial charge in [0.1, 0.15) is 0 Å². The predicted molar refractivity (Wildman–Crippen MR) is 86.9 cm³/mol. The highest BCUT2D eigenvalue weighted by molar-refractivity contribution is 4.69. The van der Waals surface area contributed by atoms with Gasteiger partial charge in [0.2, 0.25) is 0 Å². The van der Waals surface area contributed by atoms with Crippen molar-refractivity contribution in [3.63, 3.8) is 0 Å². The third-order valence-corrected chi connectivity index (χ3v) is 3.73. The molecule has 0 aliphatic carbocycles. The van der Waals surface area contributed by atoms with Crippen molar-refractivity contribution in [3.8, 4) is 0 Å². The molecule has 0 aromatic carbocycles. The predicted octanol–water partition coefficient (Wildman–Crippen LogP) is 2.82. The minimum Gasteiger partial charge on any atom is -0.314 e. The number of rotatable bonds is 12. The molecule has 0 heterocycles. The summed E-state index contributed by atoms with van der Waals surface area (Å²) in [7, 11) is 4.32. The zero-order valence-electron chi connectivity index (χ0n) is 14.2. The van der Waals surface area contributed by atoms with Gasteiger partial charge in [0.05, 0.1) is 0 Å². The molecule has 0 aromatic heterocycles. The number of unbranched alkanes of at least 4 members (excludes halogenated alkanes) is 1. The monoisotopic (exact) mass is 271 g/mol. The van der Waals surface area contributed by atoms with Crippen molar-refractivity contribution < 1.29 is 0 Å². The second-order valence-electron chi connectivity index (χ2n) is 6.09. The van der Waals surface area contributed by atoms with Crippen molar-refractivity contribution >= 4 is 0 Å². The zero-order chi connectivity index (χ0) is 14.7. The van der Waals surface area contributed by atoms with Crippen molar-refractivity contribution in [2.24, 2.45) is 0 Å². The normalized spacial score (nSPS) is 15.2. The quantitative estimate of drug-likeness (QED) is 0.551. The summed E-state index contributed by atoms with van der Waals surface area (Å²) < 4.78 is 0. The van der Waals surface area contributed by atoms with Crippen LogP contribution in [-0.2, 0) is 0 Å². The summed E-state index contributed by atoms with van der Waals surface area (Å²) in [5.74, 6) is 0. The average molecular weight is 271 g/mol. The molecule has 116 valence electrons. The minimum atomic E-state index is 0.663. The lowest BCUT2D eigenvalue weighted by Gasteiger charge is -2.30. The molecular formula is C16H37N3. The molecule has 0 spiro atoms. The van der Waals surface area contributed by atoms with Crippen LogP contribution in [0.5, 0.6) is 0 Å². The average Bonchev–Trinajstić information content (AvgIpc) is 2.35. The van der Waals surface area contributed by atoms with Gasteiger partial charge >= 0.3 is 0 Å². The fourth-order valence-corrected chi connectivity index (χ4v) is 2.59. The van der Waals surface area contributed by atoms with E-state index in [-0.39, 0.29) is 0 Å². The van der Waals surface area contributed by atoms with Crippen molar-refractivity contribution in [2.45, 2.75) is 65.5 Å². The van der Waals surface area contributed by atoms with E-state index >= 15 is 0 Å². The Kier molecular flexibility index (Phi) is 11.6. The summed E-state index contributed by atoms with van der Waals surface area (Å²) in [6.07, 6.45) is 5.20. The number of hydrogen-bond acceptors (Lipinski definition) is 3. The number of hydrogen-bond donors (Lipinski definition) is 1. The molecule has 2 unspecified atom stereocenters. The van der Waals surface area contributed by atoms with Gasteiger partial charge in [0.15, 0.2) is 0 Å². The SMILES string of the molecule is CCCNC(C)CCCCN(CC)C(C)CN(C)C. The van der Waals surface area contributed by atoms with Crippen LogP contribution in [-0.4, -0.2) is 62.2 Å². The Morgan fingerprint density at radius 1 is 1.05 bits per heavy atom. The van der Waals surface area contributed by atoms with Crippen LogP contribution in [0.25, 0.3) is 0 Å². The van der Waals surface area contributed by atoms with Crippen molar-refractivity contribution in [1.82, 2.24) is 15.1 Å². The van der Waals surface area contributed by atoms with Gasteiger partial charge in [-0.2, -0.15) is 0 Å². The lowest BCUT2D eigenvalue weighted by Crippen LogP contribution is -2.40. The van der Waals surface area contributed by atoms with E-state index in [0.29, 0.717) is 12.1 Å². The molecule has 0 aliphatic heterocycles. The van der Waals surface area contributed by atoms with E-state index in [1.54, 1.807) is 0 Å². The first-order chi connectivity index (χ1) is 9.01.